The Morgan fingerprint density at radius 3 is 2.26 bits per heavy atom. The number of aryl methyl sites for hydroxylation is 2. The molecular weight excluding hydrogens is 576 g/mol. The number of carbonyl (C=O) groups excluding carboxylic acids is 2. The van der Waals surface area contributed by atoms with Gasteiger partial charge in [-0.05, 0) is 71.5 Å². The fourth-order valence-corrected chi connectivity index (χ4v) is 7.00. The van der Waals surface area contributed by atoms with Crippen molar-refractivity contribution in [3.63, 3.8) is 0 Å². The van der Waals surface area contributed by atoms with Crippen molar-refractivity contribution in [3.05, 3.63) is 105 Å². The van der Waals surface area contributed by atoms with E-state index in [9.17, 15) is 31.9 Å². The van der Waals surface area contributed by atoms with Crippen molar-refractivity contribution >= 4 is 21.7 Å². The maximum atomic E-state index is 14.0. The molecule has 2 amide bonds. The van der Waals surface area contributed by atoms with Crippen molar-refractivity contribution in [2.75, 3.05) is 32.9 Å². The summed E-state index contributed by atoms with van der Waals surface area (Å²) in [5.74, 6) is -2.62. The number of hydrogen-bond donors (Lipinski definition) is 2. The summed E-state index contributed by atoms with van der Waals surface area (Å²) in [5, 5.41) is 14.2. The number of carbonyl (C=O) groups is 2. The van der Waals surface area contributed by atoms with Crippen molar-refractivity contribution in [2.45, 2.75) is 44.7 Å². The van der Waals surface area contributed by atoms with E-state index in [0.717, 1.165) is 35.7 Å². The third kappa shape index (κ3) is 8.25. The van der Waals surface area contributed by atoms with Gasteiger partial charge in [0.15, 0.2) is 9.84 Å². The molecule has 0 fully saturated rings. The molecule has 0 radical (unpaired) electrons. The number of aliphatic hydroxyl groups excluding tert-OH is 1. The van der Waals surface area contributed by atoms with Crippen LogP contribution in [0.15, 0.2) is 54.6 Å². The van der Waals surface area contributed by atoms with Crippen LogP contribution in [0.25, 0.3) is 0 Å². The summed E-state index contributed by atoms with van der Waals surface area (Å²) in [6.07, 6.45) is -0.369. The molecule has 0 spiro atoms. The van der Waals surface area contributed by atoms with E-state index in [2.05, 4.69) is 5.32 Å². The SMILES string of the molecule is CCc1ccc2c(c1)C(NCC(O)CN(Cc1cc(F)cc(F)c1)C(=O)c1cc(C)cc(C(=O)N(C)C)c1)CS(=O)(=O)C2. The number of nitrogens with one attached hydrogen (secondary N) is 1. The monoisotopic (exact) mass is 613 g/mol. The van der Waals surface area contributed by atoms with Gasteiger partial charge >= 0.3 is 0 Å². The number of benzene rings is 3. The summed E-state index contributed by atoms with van der Waals surface area (Å²) in [6.45, 7) is 3.27. The minimum absolute atomic E-state index is 0.0462. The van der Waals surface area contributed by atoms with E-state index >= 15 is 0 Å². The maximum absolute atomic E-state index is 14.0. The van der Waals surface area contributed by atoms with E-state index in [0.29, 0.717) is 16.7 Å². The Labute approximate surface area is 251 Å². The Hall–Kier alpha value is -3.67. The molecule has 1 heterocycles. The van der Waals surface area contributed by atoms with Gasteiger partial charge in [-0.1, -0.05) is 25.1 Å². The van der Waals surface area contributed by atoms with Crippen LogP contribution < -0.4 is 5.32 Å². The smallest absolute Gasteiger partial charge is 0.254 e. The average molecular weight is 614 g/mol. The molecular formula is C32H37F2N3O5S. The van der Waals surface area contributed by atoms with Crippen LogP contribution >= 0.6 is 0 Å². The third-order valence-electron chi connectivity index (χ3n) is 7.38. The molecule has 43 heavy (non-hydrogen) atoms. The van der Waals surface area contributed by atoms with E-state index < -0.39 is 39.5 Å². The predicted octanol–water partition coefficient (Wildman–Crippen LogP) is 3.80. The Bertz CT molecular complexity index is 1610. The summed E-state index contributed by atoms with van der Waals surface area (Å²) < 4.78 is 53.2. The second kappa shape index (κ2) is 13.3. The Morgan fingerprint density at radius 2 is 1.63 bits per heavy atom. The van der Waals surface area contributed by atoms with Gasteiger partial charge < -0.3 is 20.2 Å². The highest BCUT2D eigenvalue weighted by molar-refractivity contribution is 7.90. The number of aliphatic hydroxyl groups is 1. The van der Waals surface area contributed by atoms with Gasteiger partial charge in [0.25, 0.3) is 11.8 Å². The standard InChI is InChI=1S/C32H37F2N3O5S/c1-5-21-6-7-23-18-43(41,42)19-30(29(23)12-21)35-15-28(38)17-37(16-22-10-26(33)14-27(34)11-22)32(40)25-9-20(2)8-24(13-25)31(39)36(3)4/h6-14,28,30,35,38H,5,15-19H2,1-4H3. The van der Waals surface area contributed by atoms with Gasteiger partial charge in [-0.2, -0.15) is 0 Å². The molecule has 0 bridgehead atoms. The minimum atomic E-state index is -3.37. The molecule has 230 valence electrons. The molecule has 1 aliphatic rings. The fraction of sp³-hybridized carbons (Fsp3) is 0.375. The topological polar surface area (TPSA) is 107 Å². The van der Waals surface area contributed by atoms with E-state index in [1.807, 2.05) is 25.1 Å². The lowest BCUT2D eigenvalue weighted by molar-refractivity contribution is 0.0600. The molecule has 2 unspecified atom stereocenters. The van der Waals surface area contributed by atoms with Crippen LogP contribution in [0.1, 0.15) is 61.5 Å². The normalized spacial score (nSPS) is 16.3. The molecule has 3 aromatic rings. The van der Waals surface area contributed by atoms with Crippen molar-refractivity contribution in [1.82, 2.24) is 15.1 Å². The average Bonchev–Trinajstić information content (AvgIpc) is 2.93. The van der Waals surface area contributed by atoms with Crippen molar-refractivity contribution in [3.8, 4) is 0 Å². The van der Waals surface area contributed by atoms with Crippen LogP contribution in [0.2, 0.25) is 0 Å². The molecule has 0 aliphatic carbocycles. The zero-order chi connectivity index (χ0) is 31.5. The van der Waals surface area contributed by atoms with Crippen LogP contribution in [-0.2, 0) is 28.6 Å². The molecule has 0 aromatic heterocycles. The van der Waals surface area contributed by atoms with E-state index in [1.165, 1.54) is 15.9 Å². The highest BCUT2D eigenvalue weighted by Gasteiger charge is 2.30. The highest BCUT2D eigenvalue weighted by Crippen LogP contribution is 2.29. The van der Waals surface area contributed by atoms with Crippen LogP contribution in [0.5, 0.6) is 0 Å². The molecule has 2 N–H and O–H groups in total. The number of rotatable bonds is 10. The summed E-state index contributed by atoms with van der Waals surface area (Å²) in [7, 11) is -0.173. The Morgan fingerprint density at radius 1 is 0.977 bits per heavy atom. The lowest BCUT2D eigenvalue weighted by Gasteiger charge is -2.30. The largest absolute Gasteiger partial charge is 0.390 e. The number of hydrogen-bond acceptors (Lipinski definition) is 6. The van der Waals surface area contributed by atoms with Gasteiger partial charge in [-0.3, -0.25) is 9.59 Å². The van der Waals surface area contributed by atoms with E-state index in [1.54, 1.807) is 33.2 Å². The van der Waals surface area contributed by atoms with Crippen LogP contribution in [0, 0.1) is 18.6 Å². The van der Waals surface area contributed by atoms with Gasteiger partial charge in [-0.15, -0.1) is 0 Å². The number of nitrogens with zero attached hydrogens (tertiary/aromatic N) is 2. The zero-order valence-electron chi connectivity index (χ0n) is 24.7. The fourth-order valence-electron chi connectivity index (χ4n) is 5.34. The number of sulfone groups is 1. The molecule has 0 saturated carbocycles. The third-order valence-corrected chi connectivity index (χ3v) is 8.97. The van der Waals surface area contributed by atoms with Crippen molar-refractivity contribution in [2.24, 2.45) is 0 Å². The van der Waals surface area contributed by atoms with E-state index in [4.69, 9.17) is 0 Å². The maximum Gasteiger partial charge on any atom is 0.254 e. The first-order valence-corrected chi connectivity index (χ1v) is 15.9. The number of fused-ring (bicyclic) bond motifs is 1. The Balaban J connectivity index is 1.58. The molecule has 3 aromatic carbocycles. The van der Waals surface area contributed by atoms with Gasteiger partial charge in [0.05, 0.1) is 17.6 Å². The molecule has 2 atom stereocenters. The highest BCUT2D eigenvalue weighted by atomic mass is 32.2. The lowest BCUT2D eigenvalue weighted by atomic mass is 9.98. The first-order valence-electron chi connectivity index (χ1n) is 14.1. The summed E-state index contributed by atoms with van der Waals surface area (Å²) in [6, 6.07) is 12.8. The lowest BCUT2D eigenvalue weighted by Crippen LogP contribution is -2.43. The molecule has 11 heteroatoms. The second-order valence-corrected chi connectivity index (χ2v) is 13.4. The molecule has 8 nitrogen and oxygen atoms in total. The summed E-state index contributed by atoms with van der Waals surface area (Å²) in [4.78, 5) is 29.1. The first-order chi connectivity index (χ1) is 20.2. The summed E-state index contributed by atoms with van der Waals surface area (Å²) in [5.41, 5.74) is 3.97. The zero-order valence-corrected chi connectivity index (χ0v) is 25.5. The van der Waals surface area contributed by atoms with Gasteiger partial charge in [0.1, 0.15) is 11.6 Å². The minimum Gasteiger partial charge on any atom is -0.390 e. The van der Waals surface area contributed by atoms with Crippen LogP contribution in [0.3, 0.4) is 0 Å². The first kappa shape index (κ1) is 32.2. The van der Waals surface area contributed by atoms with E-state index in [-0.39, 0.29) is 48.2 Å². The summed E-state index contributed by atoms with van der Waals surface area (Å²) >= 11 is 0. The van der Waals surface area contributed by atoms with Crippen LogP contribution in [0.4, 0.5) is 8.78 Å². The van der Waals surface area contributed by atoms with Crippen molar-refractivity contribution in [1.29, 1.82) is 0 Å². The van der Waals surface area contributed by atoms with Crippen molar-refractivity contribution < 1.29 is 31.9 Å². The second-order valence-electron chi connectivity index (χ2n) is 11.3. The van der Waals surface area contributed by atoms with Gasteiger partial charge in [0, 0.05) is 57.0 Å². The predicted molar refractivity (Wildman–Crippen MR) is 160 cm³/mol. The van der Waals surface area contributed by atoms with Crippen LogP contribution in [-0.4, -0.2) is 74.2 Å². The van der Waals surface area contributed by atoms with Gasteiger partial charge in [-0.25, -0.2) is 17.2 Å². The molecule has 4 rings (SSSR count). The number of amides is 2. The van der Waals surface area contributed by atoms with Gasteiger partial charge in [0.2, 0.25) is 0 Å². The molecule has 0 saturated heterocycles. The number of halogens is 2. The molecule has 1 aliphatic heterocycles. The Kier molecular flexibility index (Phi) is 9.99. The quantitative estimate of drug-likeness (QED) is 0.361.